The number of sulfonamides is 1. The summed E-state index contributed by atoms with van der Waals surface area (Å²) in [6.45, 7) is 10.2. The summed E-state index contributed by atoms with van der Waals surface area (Å²) in [6.07, 6.45) is 2.83. The highest BCUT2D eigenvalue weighted by atomic mass is 32.2. The first-order valence-electron chi connectivity index (χ1n) is 9.94. The smallest absolute Gasteiger partial charge is 0.253 e. The maximum absolute atomic E-state index is 13.0. The normalized spacial score (nSPS) is 16.6. The minimum atomic E-state index is -3.55. The van der Waals surface area contributed by atoms with Crippen LogP contribution in [0.1, 0.15) is 50.4 Å². The van der Waals surface area contributed by atoms with E-state index >= 15 is 0 Å². The Labute approximate surface area is 164 Å². The van der Waals surface area contributed by atoms with E-state index in [0.29, 0.717) is 18.7 Å². The first-order chi connectivity index (χ1) is 12.8. The van der Waals surface area contributed by atoms with Gasteiger partial charge in [0.25, 0.3) is 5.91 Å². The van der Waals surface area contributed by atoms with Crippen molar-refractivity contribution in [2.24, 2.45) is 0 Å². The molecule has 0 N–H and O–H groups in total. The van der Waals surface area contributed by atoms with Crippen LogP contribution in [0.2, 0.25) is 0 Å². The minimum absolute atomic E-state index is 0.0279. The lowest BCUT2D eigenvalue weighted by Crippen LogP contribution is -2.45. The van der Waals surface area contributed by atoms with Crippen LogP contribution in [0.5, 0.6) is 0 Å². The average molecular weight is 396 g/mol. The zero-order valence-electron chi connectivity index (χ0n) is 17.0. The van der Waals surface area contributed by atoms with Crippen LogP contribution >= 0.6 is 0 Å². The molecule has 0 aliphatic carbocycles. The number of hydrogen-bond donors (Lipinski definition) is 0. The van der Waals surface area contributed by atoms with E-state index in [0.717, 1.165) is 38.9 Å². The first kappa shape index (κ1) is 21.9. The Bertz CT molecular complexity index is 706. The highest BCUT2D eigenvalue weighted by Crippen LogP contribution is 2.23. The molecule has 0 unspecified atom stereocenters. The minimum Gasteiger partial charge on any atom is -0.339 e. The number of carbonyl (C=O) groups is 1. The Morgan fingerprint density at radius 3 is 2.11 bits per heavy atom. The van der Waals surface area contributed by atoms with E-state index in [-0.39, 0.29) is 16.8 Å². The molecular weight excluding hydrogens is 362 g/mol. The Balaban J connectivity index is 2.09. The largest absolute Gasteiger partial charge is 0.339 e. The highest BCUT2D eigenvalue weighted by molar-refractivity contribution is 7.89. The van der Waals surface area contributed by atoms with Gasteiger partial charge < -0.3 is 9.80 Å². The summed E-state index contributed by atoms with van der Waals surface area (Å²) >= 11 is 0. The standard InChI is InChI=1S/C20H33N3O3S/c1-5-14-22-15-12-18(13-16-22)21(4)27(25,26)19-10-8-17(9-11-19)20(24)23(6-2)7-3/h8-11,18H,5-7,12-16H2,1-4H3. The lowest BCUT2D eigenvalue weighted by molar-refractivity contribution is 0.0773. The predicted molar refractivity (Wildman–Crippen MR) is 108 cm³/mol. The summed E-state index contributed by atoms with van der Waals surface area (Å²) in [4.78, 5) is 16.8. The molecule has 7 heteroatoms. The van der Waals surface area contributed by atoms with Crippen molar-refractivity contribution >= 4 is 15.9 Å². The SMILES string of the molecule is CCCN1CCC(N(C)S(=O)(=O)c2ccc(C(=O)N(CC)CC)cc2)CC1. The second-order valence-electron chi connectivity index (χ2n) is 7.10. The first-order valence-corrected chi connectivity index (χ1v) is 11.4. The van der Waals surface area contributed by atoms with Crippen molar-refractivity contribution < 1.29 is 13.2 Å². The molecule has 0 aromatic heterocycles. The van der Waals surface area contributed by atoms with E-state index in [1.54, 1.807) is 36.2 Å². The van der Waals surface area contributed by atoms with Gasteiger partial charge in [-0.05, 0) is 77.0 Å². The predicted octanol–water partition coefficient (Wildman–Crippen LogP) is 2.66. The van der Waals surface area contributed by atoms with Gasteiger partial charge in [0, 0.05) is 31.7 Å². The van der Waals surface area contributed by atoms with Crippen molar-refractivity contribution in [2.75, 3.05) is 39.8 Å². The van der Waals surface area contributed by atoms with Crippen LogP contribution in [-0.4, -0.2) is 74.2 Å². The molecule has 1 amide bonds. The molecule has 27 heavy (non-hydrogen) atoms. The fraction of sp³-hybridized carbons (Fsp3) is 0.650. The van der Waals surface area contributed by atoms with E-state index in [1.807, 2.05) is 13.8 Å². The van der Waals surface area contributed by atoms with Crippen molar-refractivity contribution in [1.29, 1.82) is 0 Å². The van der Waals surface area contributed by atoms with Crippen molar-refractivity contribution in [3.05, 3.63) is 29.8 Å². The fourth-order valence-corrected chi connectivity index (χ4v) is 5.06. The highest BCUT2D eigenvalue weighted by Gasteiger charge is 2.30. The Morgan fingerprint density at radius 1 is 1.07 bits per heavy atom. The van der Waals surface area contributed by atoms with Gasteiger partial charge in [-0.15, -0.1) is 0 Å². The summed E-state index contributed by atoms with van der Waals surface area (Å²) in [5.41, 5.74) is 0.521. The van der Waals surface area contributed by atoms with Gasteiger partial charge in [-0.25, -0.2) is 8.42 Å². The summed E-state index contributed by atoms with van der Waals surface area (Å²) in [6, 6.07) is 6.36. The van der Waals surface area contributed by atoms with Gasteiger partial charge >= 0.3 is 0 Å². The van der Waals surface area contributed by atoms with Crippen LogP contribution in [0.4, 0.5) is 0 Å². The zero-order chi connectivity index (χ0) is 20.0. The molecule has 1 aromatic carbocycles. The number of hydrogen-bond acceptors (Lipinski definition) is 4. The van der Waals surface area contributed by atoms with Gasteiger partial charge in [-0.2, -0.15) is 4.31 Å². The molecule has 0 bridgehead atoms. The number of piperidine rings is 1. The third-order valence-corrected chi connectivity index (χ3v) is 7.36. The Kier molecular flexibility index (Phi) is 7.82. The van der Waals surface area contributed by atoms with Crippen molar-refractivity contribution in [3.63, 3.8) is 0 Å². The fourth-order valence-electron chi connectivity index (χ4n) is 3.65. The lowest BCUT2D eigenvalue weighted by atomic mass is 10.1. The average Bonchev–Trinajstić information content (AvgIpc) is 2.69. The van der Waals surface area contributed by atoms with Gasteiger partial charge in [0.2, 0.25) is 10.0 Å². The summed E-state index contributed by atoms with van der Waals surface area (Å²) in [5, 5.41) is 0. The van der Waals surface area contributed by atoms with Gasteiger partial charge in [0.15, 0.2) is 0 Å². The summed E-state index contributed by atoms with van der Waals surface area (Å²) < 4.78 is 27.5. The van der Waals surface area contributed by atoms with Gasteiger partial charge in [0.1, 0.15) is 0 Å². The Morgan fingerprint density at radius 2 is 1.63 bits per heavy atom. The molecule has 1 heterocycles. The molecule has 0 atom stereocenters. The van der Waals surface area contributed by atoms with Crippen LogP contribution in [0.25, 0.3) is 0 Å². The molecule has 0 radical (unpaired) electrons. The molecule has 6 nitrogen and oxygen atoms in total. The second kappa shape index (κ2) is 9.66. The molecule has 1 aliphatic heterocycles. The molecule has 0 spiro atoms. The number of likely N-dealkylation sites (tertiary alicyclic amines) is 1. The van der Waals surface area contributed by atoms with Crippen LogP contribution < -0.4 is 0 Å². The van der Waals surface area contributed by atoms with Crippen LogP contribution in [0.3, 0.4) is 0 Å². The number of nitrogens with zero attached hydrogens (tertiary/aromatic N) is 3. The molecule has 1 fully saturated rings. The van der Waals surface area contributed by atoms with Crippen molar-refractivity contribution in [2.45, 2.75) is 51.0 Å². The third-order valence-electron chi connectivity index (χ3n) is 5.44. The molecule has 1 saturated heterocycles. The van der Waals surface area contributed by atoms with Crippen molar-refractivity contribution in [1.82, 2.24) is 14.1 Å². The van der Waals surface area contributed by atoms with Crippen molar-refractivity contribution in [3.8, 4) is 0 Å². The van der Waals surface area contributed by atoms with Gasteiger partial charge in [-0.1, -0.05) is 6.92 Å². The van der Waals surface area contributed by atoms with E-state index in [2.05, 4.69) is 11.8 Å². The molecule has 1 aliphatic rings. The quantitative estimate of drug-likeness (QED) is 0.679. The number of carbonyl (C=O) groups excluding carboxylic acids is 1. The van der Waals surface area contributed by atoms with E-state index in [4.69, 9.17) is 0 Å². The molecular formula is C20H33N3O3S. The molecule has 0 saturated carbocycles. The van der Waals surface area contributed by atoms with Gasteiger partial charge in [-0.3, -0.25) is 4.79 Å². The third kappa shape index (κ3) is 5.09. The van der Waals surface area contributed by atoms with E-state index in [9.17, 15) is 13.2 Å². The number of rotatable bonds is 8. The molecule has 152 valence electrons. The Hall–Kier alpha value is -1.44. The lowest BCUT2D eigenvalue weighted by Gasteiger charge is -2.36. The summed E-state index contributed by atoms with van der Waals surface area (Å²) in [7, 11) is -1.88. The van der Waals surface area contributed by atoms with Crippen LogP contribution in [0, 0.1) is 0 Å². The number of benzene rings is 1. The maximum Gasteiger partial charge on any atom is 0.253 e. The van der Waals surface area contributed by atoms with Crippen LogP contribution in [-0.2, 0) is 10.0 Å². The van der Waals surface area contributed by atoms with E-state index < -0.39 is 10.0 Å². The second-order valence-corrected chi connectivity index (χ2v) is 9.09. The van der Waals surface area contributed by atoms with Gasteiger partial charge in [0.05, 0.1) is 4.90 Å². The van der Waals surface area contributed by atoms with E-state index in [1.165, 1.54) is 4.31 Å². The molecule has 2 rings (SSSR count). The monoisotopic (exact) mass is 395 g/mol. The maximum atomic E-state index is 13.0. The summed E-state index contributed by atoms with van der Waals surface area (Å²) in [5.74, 6) is -0.0689. The topological polar surface area (TPSA) is 60.9 Å². The van der Waals surface area contributed by atoms with Crippen LogP contribution in [0.15, 0.2) is 29.2 Å². The molecule has 1 aromatic rings. The number of amides is 1. The zero-order valence-corrected chi connectivity index (χ0v) is 17.8.